The lowest BCUT2D eigenvalue weighted by Crippen LogP contribution is -2.07. The molecule has 0 aromatic carbocycles. The standard InChI is InChI=1S/C17H17N7/c1-12-9-15(20-11-13-3-5-18-6-4-13)24-16(21-12)10-14(22-24)17-19-7-8-23(17)2/h3-10,20H,11H2,1-2H3. The predicted molar refractivity (Wildman–Crippen MR) is 91.5 cm³/mol. The van der Waals surface area contributed by atoms with Crippen molar-refractivity contribution in [3.05, 3.63) is 60.3 Å². The molecule has 4 heterocycles. The number of aromatic nitrogens is 6. The summed E-state index contributed by atoms with van der Waals surface area (Å²) in [6.45, 7) is 2.67. The van der Waals surface area contributed by atoms with Gasteiger partial charge in [-0.3, -0.25) is 4.98 Å². The Kier molecular flexibility index (Phi) is 3.45. The van der Waals surface area contributed by atoms with Crippen LogP contribution in [0.4, 0.5) is 5.82 Å². The number of imidazole rings is 1. The lowest BCUT2D eigenvalue weighted by atomic mass is 10.3. The average molecular weight is 319 g/mol. The molecule has 0 spiro atoms. The Morgan fingerprint density at radius 2 is 1.96 bits per heavy atom. The molecule has 24 heavy (non-hydrogen) atoms. The van der Waals surface area contributed by atoms with E-state index in [0.717, 1.165) is 34.2 Å². The molecule has 0 amide bonds. The van der Waals surface area contributed by atoms with E-state index in [0.29, 0.717) is 6.54 Å². The molecule has 0 radical (unpaired) electrons. The van der Waals surface area contributed by atoms with Gasteiger partial charge in [-0.2, -0.15) is 9.61 Å². The molecule has 0 aliphatic heterocycles. The van der Waals surface area contributed by atoms with Crippen LogP contribution in [0, 0.1) is 6.92 Å². The topological polar surface area (TPSA) is 72.9 Å². The van der Waals surface area contributed by atoms with Crippen molar-refractivity contribution >= 4 is 11.5 Å². The van der Waals surface area contributed by atoms with Gasteiger partial charge in [0.05, 0.1) is 0 Å². The highest BCUT2D eigenvalue weighted by molar-refractivity contribution is 5.61. The number of anilines is 1. The average Bonchev–Trinajstić information content (AvgIpc) is 3.19. The van der Waals surface area contributed by atoms with Crippen molar-refractivity contribution in [3.63, 3.8) is 0 Å². The Bertz CT molecular complexity index is 985. The minimum atomic E-state index is 0.693. The Balaban J connectivity index is 1.72. The van der Waals surface area contributed by atoms with Crippen molar-refractivity contribution in [1.29, 1.82) is 0 Å². The Morgan fingerprint density at radius 3 is 2.71 bits per heavy atom. The maximum atomic E-state index is 4.67. The van der Waals surface area contributed by atoms with E-state index in [4.69, 9.17) is 0 Å². The van der Waals surface area contributed by atoms with Gasteiger partial charge in [0.1, 0.15) is 11.5 Å². The van der Waals surface area contributed by atoms with Gasteiger partial charge in [-0.1, -0.05) is 0 Å². The first-order chi connectivity index (χ1) is 11.7. The maximum Gasteiger partial charge on any atom is 0.160 e. The van der Waals surface area contributed by atoms with Gasteiger partial charge < -0.3 is 9.88 Å². The minimum Gasteiger partial charge on any atom is -0.366 e. The van der Waals surface area contributed by atoms with Crippen LogP contribution < -0.4 is 5.32 Å². The zero-order chi connectivity index (χ0) is 16.5. The van der Waals surface area contributed by atoms with Crippen LogP contribution >= 0.6 is 0 Å². The molecule has 0 saturated heterocycles. The van der Waals surface area contributed by atoms with E-state index in [-0.39, 0.29) is 0 Å². The molecular formula is C17H17N7. The van der Waals surface area contributed by atoms with Gasteiger partial charge in [0.15, 0.2) is 11.5 Å². The molecule has 0 fully saturated rings. The van der Waals surface area contributed by atoms with Crippen molar-refractivity contribution in [3.8, 4) is 11.5 Å². The molecule has 4 aromatic rings. The van der Waals surface area contributed by atoms with Crippen LogP contribution in [-0.2, 0) is 13.6 Å². The second kappa shape index (κ2) is 5.77. The Labute approximate surface area is 139 Å². The number of nitrogens with zero attached hydrogens (tertiary/aromatic N) is 6. The highest BCUT2D eigenvalue weighted by Crippen LogP contribution is 2.20. The quantitative estimate of drug-likeness (QED) is 0.625. The summed E-state index contributed by atoms with van der Waals surface area (Å²) in [6.07, 6.45) is 7.25. The van der Waals surface area contributed by atoms with E-state index in [1.165, 1.54) is 0 Å². The van der Waals surface area contributed by atoms with Crippen molar-refractivity contribution in [2.75, 3.05) is 5.32 Å². The van der Waals surface area contributed by atoms with Crippen LogP contribution in [0.2, 0.25) is 0 Å². The molecule has 0 bridgehead atoms. The lowest BCUT2D eigenvalue weighted by Gasteiger charge is -2.09. The number of fused-ring (bicyclic) bond motifs is 1. The summed E-state index contributed by atoms with van der Waals surface area (Å²) in [6, 6.07) is 7.91. The smallest absolute Gasteiger partial charge is 0.160 e. The van der Waals surface area contributed by atoms with Crippen LogP contribution in [0.1, 0.15) is 11.3 Å². The van der Waals surface area contributed by atoms with Gasteiger partial charge in [-0.15, -0.1) is 0 Å². The van der Waals surface area contributed by atoms with Gasteiger partial charge in [-0.05, 0) is 24.6 Å². The van der Waals surface area contributed by atoms with Crippen molar-refractivity contribution in [1.82, 2.24) is 29.1 Å². The highest BCUT2D eigenvalue weighted by atomic mass is 15.3. The summed E-state index contributed by atoms with van der Waals surface area (Å²) in [7, 11) is 1.95. The summed E-state index contributed by atoms with van der Waals surface area (Å²) in [4.78, 5) is 13.0. The fourth-order valence-corrected chi connectivity index (χ4v) is 2.64. The van der Waals surface area contributed by atoms with Gasteiger partial charge in [0.2, 0.25) is 0 Å². The molecule has 120 valence electrons. The molecule has 7 heteroatoms. The largest absolute Gasteiger partial charge is 0.366 e. The van der Waals surface area contributed by atoms with Gasteiger partial charge in [0, 0.05) is 56.2 Å². The van der Waals surface area contributed by atoms with Crippen LogP contribution in [-0.4, -0.2) is 29.1 Å². The number of aryl methyl sites for hydroxylation is 2. The van der Waals surface area contributed by atoms with Crippen molar-refractivity contribution in [2.45, 2.75) is 13.5 Å². The Hall–Kier alpha value is -3.22. The molecule has 0 aliphatic carbocycles. The monoisotopic (exact) mass is 319 g/mol. The fraction of sp³-hybridized carbons (Fsp3) is 0.176. The second-order valence-electron chi connectivity index (χ2n) is 5.65. The molecule has 7 nitrogen and oxygen atoms in total. The third kappa shape index (κ3) is 2.60. The van der Waals surface area contributed by atoms with Crippen molar-refractivity contribution < 1.29 is 0 Å². The van der Waals surface area contributed by atoms with Crippen LogP contribution in [0.15, 0.2) is 49.1 Å². The first kappa shape index (κ1) is 14.4. The lowest BCUT2D eigenvalue weighted by molar-refractivity contribution is 0.887. The van der Waals surface area contributed by atoms with E-state index < -0.39 is 0 Å². The zero-order valence-electron chi connectivity index (χ0n) is 13.5. The number of pyridine rings is 1. The van der Waals surface area contributed by atoms with Crippen LogP contribution in [0.3, 0.4) is 0 Å². The number of hydrogen-bond donors (Lipinski definition) is 1. The van der Waals surface area contributed by atoms with E-state index in [9.17, 15) is 0 Å². The third-order valence-electron chi connectivity index (χ3n) is 3.83. The summed E-state index contributed by atoms with van der Waals surface area (Å²) >= 11 is 0. The summed E-state index contributed by atoms with van der Waals surface area (Å²) in [5.74, 6) is 1.72. The molecule has 0 aliphatic rings. The first-order valence-electron chi connectivity index (χ1n) is 7.68. The summed E-state index contributed by atoms with van der Waals surface area (Å²) in [5, 5.41) is 8.09. The first-order valence-corrected chi connectivity index (χ1v) is 7.68. The van der Waals surface area contributed by atoms with Gasteiger partial charge in [0.25, 0.3) is 0 Å². The number of hydrogen-bond acceptors (Lipinski definition) is 5. The maximum absolute atomic E-state index is 4.67. The minimum absolute atomic E-state index is 0.693. The molecule has 1 N–H and O–H groups in total. The van der Waals surface area contributed by atoms with Crippen LogP contribution in [0.25, 0.3) is 17.2 Å². The van der Waals surface area contributed by atoms with Crippen LogP contribution in [0.5, 0.6) is 0 Å². The Morgan fingerprint density at radius 1 is 1.12 bits per heavy atom. The molecular weight excluding hydrogens is 302 g/mol. The number of rotatable bonds is 4. The highest BCUT2D eigenvalue weighted by Gasteiger charge is 2.12. The number of nitrogens with one attached hydrogen (secondary N) is 1. The fourth-order valence-electron chi connectivity index (χ4n) is 2.64. The van der Waals surface area contributed by atoms with Gasteiger partial charge >= 0.3 is 0 Å². The normalized spacial score (nSPS) is 11.1. The SMILES string of the molecule is Cc1cc(NCc2ccncc2)n2nc(-c3nccn3C)cc2n1. The molecule has 0 unspecified atom stereocenters. The molecule has 4 aromatic heterocycles. The van der Waals surface area contributed by atoms with Crippen molar-refractivity contribution in [2.24, 2.45) is 7.05 Å². The van der Waals surface area contributed by atoms with E-state index in [1.54, 1.807) is 18.6 Å². The van der Waals surface area contributed by atoms with E-state index >= 15 is 0 Å². The third-order valence-corrected chi connectivity index (χ3v) is 3.83. The predicted octanol–water partition coefficient (Wildman–Crippen LogP) is 2.45. The molecule has 0 atom stereocenters. The zero-order valence-corrected chi connectivity index (χ0v) is 13.5. The molecule has 0 saturated carbocycles. The second-order valence-corrected chi connectivity index (χ2v) is 5.65. The summed E-state index contributed by atoms with van der Waals surface area (Å²) in [5.41, 5.74) is 3.69. The van der Waals surface area contributed by atoms with Gasteiger partial charge in [-0.25, -0.2) is 9.97 Å². The van der Waals surface area contributed by atoms with E-state index in [1.807, 2.05) is 53.5 Å². The van der Waals surface area contributed by atoms with E-state index in [2.05, 4.69) is 25.4 Å². The molecule has 4 rings (SSSR count). The summed E-state index contributed by atoms with van der Waals surface area (Å²) < 4.78 is 3.76.